The van der Waals surface area contributed by atoms with Gasteiger partial charge in [-0.1, -0.05) is 18.2 Å². The zero-order chi connectivity index (χ0) is 15.1. The summed E-state index contributed by atoms with van der Waals surface area (Å²) < 4.78 is 0. The smallest absolute Gasteiger partial charge is 0.325 e. The second-order valence-electron chi connectivity index (χ2n) is 4.25. The third-order valence-electron chi connectivity index (χ3n) is 2.50. The van der Waals surface area contributed by atoms with Gasteiger partial charge in [0.25, 0.3) is 0 Å². The van der Waals surface area contributed by atoms with E-state index in [1.54, 1.807) is 24.3 Å². The van der Waals surface area contributed by atoms with Gasteiger partial charge in [0.15, 0.2) is 0 Å². The van der Waals surface area contributed by atoms with Crippen molar-refractivity contribution in [3.63, 3.8) is 0 Å². The van der Waals surface area contributed by atoms with Gasteiger partial charge in [0.05, 0.1) is 0 Å². The second-order valence-corrected chi connectivity index (χ2v) is 4.25. The van der Waals surface area contributed by atoms with E-state index in [9.17, 15) is 14.4 Å². The van der Waals surface area contributed by atoms with Gasteiger partial charge in [-0.3, -0.25) is 9.59 Å². The van der Waals surface area contributed by atoms with Gasteiger partial charge >= 0.3 is 12.0 Å². The average Bonchev–Trinajstić information content (AvgIpc) is 2.39. The molecule has 108 valence electrons. The summed E-state index contributed by atoms with van der Waals surface area (Å²) in [7, 11) is 0. The molecule has 0 bridgehead atoms. The molecule has 1 aromatic rings. The zero-order valence-electron chi connectivity index (χ0n) is 11.2. The molecule has 1 unspecified atom stereocenters. The minimum atomic E-state index is -1.14. The first-order valence-corrected chi connectivity index (χ1v) is 6.06. The van der Waals surface area contributed by atoms with Gasteiger partial charge in [-0.05, 0) is 26.0 Å². The summed E-state index contributed by atoms with van der Waals surface area (Å²) in [5.41, 5.74) is 0.594. The summed E-state index contributed by atoms with van der Waals surface area (Å²) in [6.07, 6.45) is 0. The van der Waals surface area contributed by atoms with Crippen LogP contribution in [0.2, 0.25) is 0 Å². The van der Waals surface area contributed by atoms with Crippen molar-refractivity contribution in [3.05, 3.63) is 30.3 Å². The number of hydrogen-bond acceptors (Lipinski definition) is 3. The molecular formula is C13H17N3O4. The minimum Gasteiger partial charge on any atom is -0.480 e. The first-order chi connectivity index (χ1) is 9.40. The third-order valence-corrected chi connectivity index (χ3v) is 2.50. The first kappa shape index (κ1) is 15.5. The van der Waals surface area contributed by atoms with E-state index in [0.29, 0.717) is 5.69 Å². The third kappa shape index (κ3) is 4.97. The van der Waals surface area contributed by atoms with Crippen LogP contribution in [0.1, 0.15) is 13.8 Å². The minimum absolute atomic E-state index is 0.540. The van der Waals surface area contributed by atoms with Crippen molar-refractivity contribution in [2.45, 2.75) is 25.9 Å². The molecule has 4 N–H and O–H groups in total. The first-order valence-electron chi connectivity index (χ1n) is 6.06. The lowest BCUT2D eigenvalue weighted by molar-refractivity contribution is -0.141. The van der Waals surface area contributed by atoms with Crippen molar-refractivity contribution in [1.82, 2.24) is 10.6 Å². The largest absolute Gasteiger partial charge is 0.480 e. The summed E-state index contributed by atoms with van der Waals surface area (Å²) in [6, 6.07) is 6.35. The lowest BCUT2D eigenvalue weighted by Gasteiger charge is -2.16. The van der Waals surface area contributed by atoms with Crippen molar-refractivity contribution in [3.8, 4) is 0 Å². The Kier molecular flexibility index (Phi) is 5.52. The predicted octanol–water partition coefficient (Wildman–Crippen LogP) is 0.786. The molecule has 2 atom stereocenters. The van der Waals surface area contributed by atoms with Crippen molar-refractivity contribution < 1.29 is 19.5 Å². The fourth-order valence-corrected chi connectivity index (χ4v) is 1.35. The number of carboxylic acid groups (broad SMARTS) is 1. The van der Waals surface area contributed by atoms with Crippen molar-refractivity contribution in [1.29, 1.82) is 0 Å². The summed E-state index contributed by atoms with van der Waals surface area (Å²) in [6.45, 7) is 2.81. The molecule has 0 fully saturated rings. The molecule has 0 saturated carbocycles. The van der Waals surface area contributed by atoms with Gasteiger partial charge in [0.1, 0.15) is 12.1 Å². The number of nitrogens with one attached hydrogen (secondary N) is 3. The highest BCUT2D eigenvalue weighted by molar-refractivity contribution is 5.94. The van der Waals surface area contributed by atoms with Crippen LogP contribution in [-0.4, -0.2) is 35.1 Å². The standard InChI is InChI=1S/C13H17N3O4/c1-8(11(17)14-9(2)12(18)19)15-13(20)16-10-6-4-3-5-7-10/h3-9H,1-2H3,(H,14,17)(H,18,19)(H2,15,16,20)/t8?,9-/m0/s1. The Balaban J connectivity index is 2.45. The highest BCUT2D eigenvalue weighted by Crippen LogP contribution is 2.04. The highest BCUT2D eigenvalue weighted by atomic mass is 16.4. The normalized spacial score (nSPS) is 12.9. The molecule has 0 aliphatic rings. The van der Waals surface area contributed by atoms with Gasteiger partial charge in [0.2, 0.25) is 5.91 Å². The van der Waals surface area contributed by atoms with Gasteiger partial charge < -0.3 is 21.1 Å². The number of carbonyl (C=O) groups excluding carboxylic acids is 2. The number of anilines is 1. The number of para-hydroxylation sites is 1. The van der Waals surface area contributed by atoms with Crippen LogP contribution in [-0.2, 0) is 9.59 Å². The van der Waals surface area contributed by atoms with Crippen LogP contribution in [0.3, 0.4) is 0 Å². The Morgan fingerprint density at radius 3 is 2.15 bits per heavy atom. The maximum Gasteiger partial charge on any atom is 0.325 e. The Morgan fingerprint density at radius 2 is 1.60 bits per heavy atom. The molecule has 1 aromatic carbocycles. The summed E-state index contributed by atoms with van der Waals surface area (Å²) in [4.78, 5) is 33.9. The molecular weight excluding hydrogens is 262 g/mol. The molecule has 0 spiro atoms. The molecule has 20 heavy (non-hydrogen) atoms. The lowest BCUT2D eigenvalue weighted by Crippen LogP contribution is -2.50. The maximum absolute atomic E-state index is 11.6. The number of carbonyl (C=O) groups is 3. The Labute approximate surface area is 116 Å². The lowest BCUT2D eigenvalue weighted by atomic mass is 10.2. The Bertz CT molecular complexity index is 490. The van der Waals surface area contributed by atoms with Crippen LogP contribution in [0.15, 0.2) is 30.3 Å². The molecule has 7 nitrogen and oxygen atoms in total. The molecule has 0 radical (unpaired) electrons. The van der Waals surface area contributed by atoms with E-state index in [-0.39, 0.29) is 0 Å². The number of urea groups is 1. The number of rotatable bonds is 5. The van der Waals surface area contributed by atoms with Gasteiger partial charge in [-0.15, -0.1) is 0 Å². The molecule has 3 amide bonds. The van der Waals surface area contributed by atoms with E-state index in [1.807, 2.05) is 6.07 Å². The van der Waals surface area contributed by atoms with Crippen LogP contribution < -0.4 is 16.0 Å². The fraction of sp³-hybridized carbons (Fsp3) is 0.308. The van der Waals surface area contributed by atoms with E-state index in [4.69, 9.17) is 5.11 Å². The van der Waals surface area contributed by atoms with Gasteiger partial charge in [0, 0.05) is 5.69 Å². The monoisotopic (exact) mass is 279 g/mol. The molecule has 0 heterocycles. The summed E-state index contributed by atoms with van der Waals surface area (Å²) >= 11 is 0. The fourth-order valence-electron chi connectivity index (χ4n) is 1.35. The van der Waals surface area contributed by atoms with Gasteiger partial charge in [-0.2, -0.15) is 0 Å². The van der Waals surface area contributed by atoms with Crippen LogP contribution in [0, 0.1) is 0 Å². The van der Waals surface area contributed by atoms with E-state index in [1.165, 1.54) is 13.8 Å². The molecule has 0 saturated heterocycles. The van der Waals surface area contributed by atoms with Crippen molar-refractivity contribution in [2.24, 2.45) is 0 Å². The van der Waals surface area contributed by atoms with E-state index in [2.05, 4.69) is 16.0 Å². The van der Waals surface area contributed by atoms with Crippen LogP contribution in [0.5, 0.6) is 0 Å². The molecule has 7 heteroatoms. The number of aliphatic carboxylic acids is 1. The SMILES string of the molecule is CC(NC(=O)Nc1ccccc1)C(=O)N[C@@H](C)C(=O)O. The number of amides is 3. The zero-order valence-corrected chi connectivity index (χ0v) is 11.2. The maximum atomic E-state index is 11.6. The average molecular weight is 279 g/mol. The number of benzene rings is 1. The van der Waals surface area contributed by atoms with Crippen LogP contribution in [0.25, 0.3) is 0 Å². The van der Waals surface area contributed by atoms with Crippen molar-refractivity contribution >= 4 is 23.6 Å². The van der Waals surface area contributed by atoms with Crippen LogP contribution >= 0.6 is 0 Å². The van der Waals surface area contributed by atoms with E-state index in [0.717, 1.165) is 0 Å². The summed E-state index contributed by atoms with van der Waals surface area (Å²) in [5, 5.41) is 15.9. The van der Waals surface area contributed by atoms with E-state index < -0.39 is 30.0 Å². The highest BCUT2D eigenvalue weighted by Gasteiger charge is 2.20. The Morgan fingerprint density at radius 1 is 1.00 bits per heavy atom. The predicted molar refractivity (Wildman–Crippen MR) is 73.3 cm³/mol. The molecule has 0 aliphatic carbocycles. The Hall–Kier alpha value is -2.57. The number of hydrogen-bond donors (Lipinski definition) is 4. The molecule has 0 aliphatic heterocycles. The summed E-state index contributed by atoms with van der Waals surface area (Å²) in [5.74, 6) is -1.71. The van der Waals surface area contributed by atoms with Crippen molar-refractivity contribution in [2.75, 3.05) is 5.32 Å². The topological polar surface area (TPSA) is 108 Å². The van der Waals surface area contributed by atoms with Crippen LogP contribution in [0.4, 0.5) is 10.5 Å². The molecule has 0 aromatic heterocycles. The quantitative estimate of drug-likeness (QED) is 0.639. The second kappa shape index (κ2) is 7.13. The molecule has 1 rings (SSSR count). The van der Waals surface area contributed by atoms with E-state index >= 15 is 0 Å². The number of carboxylic acids is 1. The van der Waals surface area contributed by atoms with Gasteiger partial charge in [-0.25, -0.2) is 4.79 Å².